The molecule has 2 aromatic carbocycles. The fraction of sp³-hybridized carbons (Fsp3) is 0.480. The zero-order chi connectivity index (χ0) is 21.6. The summed E-state index contributed by atoms with van der Waals surface area (Å²) in [5.74, 6) is 0. The highest BCUT2D eigenvalue weighted by Crippen LogP contribution is 2.25. The predicted octanol–water partition coefficient (Wildman–Crippen LogP) is 4.75. The third-order valence-corrected chi connectivity index (χ3v) is 6.68. The Morgan fingerprint density at radius 3 is 2.42 bits per heavy atom. The van der Waals surface area contributed by atoms with Gasteiger partial charge in [-0.1, -0.05) is 41.9 Å². The van der Waals surface area contributed by atoms with Crippen LogP contribution in [0.5, 0.6) is 0 Å². The van der Waals surface area contributed by atoms with Crippen LogP contribution in [0.15, 0.2) is 48.5 Å². The number of amides is 2. The lowest BCUT2D eigenvalue weighted by Gasteiger charge is -2.33. The summed E-state index contributed by atoms with van der Waals surface area (Å²) in [7, 11) is 1.89. The highest BCUT2D eigenvalue weighted by molar-refractivity contribution is 6.30. The summed E-state index contributed by atoms with van der Waals surface area (Å²) in [5, 5.41) is 4.02. The summed E-state index contributed by atoms with van der Waals surface area (Å²) in [5.41, 5.74) is 3.78. The average Bonchev–Trinajstić information content (AvgIpc) is 3.32. The summed E-state index contributed by atoms with van der Waals surface area (Å²) in [6.07, 6.45) is 4.47. The minimum Gasteiger partial charge on any atom is -0.371 e. The van der Waals surface area contributed by atoms with Gasteiger partial charge in [-0.25, -0.2) is 4.79 Å². The number of carbonyl (C=O) groups excluding carboxylic acids is 1. The second-order valence-corrected chi connectivity index (χ2v) is 9.24. The maximum absolute atomic E-state index is 12.8. The third kappa shape index (κ3) is 5.92. The molecular formula is C25H33ClN4O. The molecule has 2 aromatic rings. The van der Waals surface area contributed by atoms with E-state index in [0.717, 1.165) is 50.6 Å². The van der Waals surface area contributed by atoms with Crippen molar-refractivity contribution in [2.45, 2.75) is 44.8 Å². The monoisotopic (exact) mass is 440 g/mol. The van der Waals surface area contributed by atoms with Gasteiger partial charge in [-0.2, -0.15) is 0 Å². The Bertz CT molecular complexity index is 858. The molecule has 0 radical (unpaired) electrons. The smallest absolute Gasteiger partial charge is 0.317 e. The fourth-order valence-corrected chi connectivity index (χ4v) is 4.73. The van der Waals surface area contributed by atoms with E-state index in [1.54, 1.807) is 0 Å². The molecule has 2 saturated heterocycles. The second-order valence-electron chi connectivity index (χ2n) is 8.81. The Morgan fingerprint density at radius 2 is 1.71 bits per heavy atom. The highest BCUT2D eigenvalue weighted by atomic mass is 35.5. The van der Waals surface area contributed by atoms with E-state index in [2.05, 4.69) is 51.5 Å². The Labute approximate surface area is 191 Å². The zero-order valence-electron chi connectivity index (χ0n) is 18.4. The Balaban J connectivity index is 1.25. The van der Waals surface area contributed by atoms with Gasteiger partial charge in [0.15, 0.2) is 0 Å². The second kappa shape index (κ2) is 10.4. The van der Waals surface area contributed by atoms with E-state index in [9.17, 15) is 4.79 Å². The van der Waals surface area contributed by atoms with Crippen molar-refractivity contribution < 1.29 is 4.79 Å². The number of urea groups is 1. The standard InChI is InChI=1S/C25H33ClN4O/c1-28(19-21-6-2-3-7-24(21)30-14-4-5-15-30)25(31)27-23-12-16-29(17-13-23)18-20-8-10-22(26)11-9-20/h2-3,6-11,23H,4-5,12-19H2,1H3,(H,27,31). The number of likely N-dealkylation sites (tertiary alicyclic amines) is 1. The van der Waals surface area contributed by atoms with E-state index in [1.165, 1.54) is 29.7 Å². The quantitative estimate of drug-likeness (QED) is 0.704. The summed E-state index contributed by atoms with van der Waals surface area (Å²) >= 11 is 5.98. The fourth-order valence-electron chi connectivity index (χ4n) is 4.61. The van der Waals surface area contributed by atoms with Crippen LogP contribution in [0.1, 0.15) is 36.8 Å². The molecule has 6 heteroatoms. The van der Waals surface area contributed by atoms with Gasteiger partial charge in [-0.15, -0.1) is 0 Å². The molecule has 5 nitrogen and oxygen atoms in total. The Morgan fingerprint density at radius 1 is 1.03 bits per heavy atom. The van der Waals surface area contributed by atoms with Gasteiger partial charge in [0.1, 0.15) is 0 Å². The predicted molar refractivity (Wildman–Crippen MR) is 128 cm³/mol. The van der Waals surface area contributed by atoms with Crippen LogP contribution in [-0.2, 0) is 13.1 Å². The molecule has 0 atom stereocenters. The first kappa shape index (κ1) is 22.0. The number of halogens is 1. The van der Waals surface area contributed by atoms with Crippen LogP contribution < -0.4 is 10.2 Å². The zero-order valence-corrected chi connectivity index (χ0v) is 19.2. The minimum absolute atomic E-state index is 0.0207. The van der Waals surface area contributed by atoms with Crippen molar-refractivity contribution in [3.05, 3.63) is 64.7 Å². The van der Waals surface area contributed by atoms with E-state index >= 15 is 0 Å². The number of anilines is 1. The highest BCUT2D eigenvalue weighted by Gasteiger charge is 2.23. The molecule has 0 bridgehead atoms. The number of piperidine rings is 1. The maximum atomic E-state index is 12.8. The van der Waals surface area contributed by atoms with Crippen molar-refractivity contribution in [1.82, 2.24) is 15.1 Å². The average molecular weight is 441 g/mol. The van der Waals surface area contributed by atoms with E-state index in [4.69, 9.17) is 11.6 Å². The molecule has 2 fully saturated rings. The SMILES string of the molecule is CN(Cc1ccccc1N1CCCC1)C(=O)NC1CCN(Cc2ccc(Cl)cc2)CC1. The number of rotatable bonds is 6. The van der Waals surface area contributed by atoms with Gasteiger partial charge in [0.2, 0.25) is 0 Å². The lowest BCUT2D eigenvalue weighted by Crippen LogP contribution is -2.48. The molecule has 2 heterocycles. The molecule has 0 unspecified atom stereocenters. The first-order valence-electron chi connectivity index (χ1n) is 11.4. The van der Waals surface area contributed by atoms with Crippen LogP contribution in [-0.4, -0.2) is 55.1 Å². The van der Waals surface area contributed by atoms with Gasteiger partial charge in [0, 0.05) is 63.1 Å². The molecule has 4 rings (SSSR count). The van der Waals surface area contributed by atoms with Gasteiger partial charge in [0.05, 0.1) is 0 Å². The molecule has 2 aliphatic rings. The molecule has 0 aromatic heterocycles. The van der Waals surface area contributed by atoms with Crippen LogP contribution in [0.25, 0.3) is 0 Å². The summed E-state index contributed by atoms with van der Waals surface area (Å²) < 4.78 is 0. The number of nitrogens with zero attached hydrogens (tertiary/aromatic N) is 3. The number of nitrogens with one attached hydrogen (secondary N) is 1. The van der Waals surface area contributed by atoms with Gasteiger partial charge in [0.25, 0.3) is 0 Å². The Hall–Kier alpha value is -2.24. The molecule has 0 saturated carbocycles. The van der Waals surface area contributed by atoms with Gasteiger partial charge >= 0.3 is 6.03 Å². The largest absolute Gasteiger partial charge is 0.371 e. The molecule has 2 amide bonds. The van der Waals surface area contributed by atoms with Crippen LogP contribution in [0, 0.1) is 0 Å². The van der Waals surface area contributed by atoms with Crippen molar-refractivity contribution in [3.8, 4) is 0 Å². The first-order chi connectivity index (χ1) is 15.1. The first-order valence-corrected chi connectivity index (χ1v) is 11.8. The van der Waals surface area contributed by atoms with Gasteiger partial charge in [-0.3, -0.25) is 4.90 Å². The number of carbonyl (C=O) groups is 1. The van der Waals surface area contributed by atoms with E-state index in [1.807, 2.05) is 24.1 Å². The lowest BCUT2D eigenvalue weighted by atomic mass is 10.0. The molecule has 0 aliphatic carbocycles. The van der Waals surface area contributed by atoms with Crippen molar-refractivity contribution in [3.63, 3.8) is 0 Å². The molecular weight excluding hydrogens is 408 g/mol. The van der Waals surface area contributed by atoms with E-state index in [0.29, 0.717) is 6.54 Å². The van der Waals surface area contributed by atoms with Gasteiger partial charge in [-0.05, 0) is 55.0 Å². The number of para-hydroxylation sites is 1. The van der Waals surface area contributed by atoms with E-state index in [-0.39, 0.29) is 12.1 Å². The molecule has 31 heavy (non-hydrogen) atoms. The summed E-state index contributed by atoms with van der Waals surface area (Å²) in [6, 6.07) is 16.8. The van der Waals surface area contributed by atoms with Crippen molar-refractivity contribution in [2.24, 2.45) is 0 Å². The molecule has 166 valence electrons. The Kier molecular flexibility index (Phi) is 7.36. The minimum atomic E-state index is 0.0207. The topological polar surface area (TPSA) is 38.8 Å². The van der Waals surface area contributed by atoms with Crippen LogP contribution >= 0.6 is 11.6 Å². The van der Waals surface area contributed by atoms with Crippen molar-refractivity contribution >= 4 is 23.3 Å². The van der Waals surface area contributed by atoms with Crippen molar-refractivity contribution in [2.75, 3.05) is 38.1 Å². The van der Waals surface area contributed by atoms with Gasteiger partial charge < -0.3 is 15.1 Å². The lowest BCUT2D eigenvalue weighted by molar-refractivity contribution is 0.173. The van der Waals surface area contributed by atoms with Crippen LogP contribution in [0.2, 0.25) is 5.02 Å². The van der Waals surface area contributed by atoms with Crippen molar-refractivity contribution in [1.29, 1.82) is 0 Å². The number of benzene rings is 2. The normalized spacial score (nSPS) is 17.7. The molecule has 1 N–H and O–H groups in total. The number of hydrogen-bond acceptors (Lipinski definition) is 3. The summed E-state index contributed by atoms with van der Waals surface area (Å²) in [6.45, 7) is 5.78. The van der Waals surface area contributed by atoms with Crippen LogP contribution in [0.3, 0.4) is 0 Å². The van der Waals surface area contributed by atoms with E-state index < -0.39 is 0 Å². The molecule has 2 aliphatic heterocycles. The molecule has 0 spiro atoms. The van der Waals surface area contributed by atoms with Crippen LogP contribution in [0.4, 0.5) is 10.5 Å². The maximum Gasteiger partial charge on any atom is 0.317 e. The number of hydrogen-bond donors (Lipinski definition) is 1. The summed E-state index contributed by atoms with van der Waals surface area (Å²) in [4.78, 5) is 19.5. The third-order valence-electron chi connectivity index (χ3n) is 6.43.